The van der Waals surface area contributed by atoms with Crippen molar-refractivity contribution in [3.05, 3.63) is 63.5 Å². The molecule has 7 heteroatoms. The number of nitrogens with one attached hydrogen (secondary N) is 1. The summed E-state index contributed by atoms with van der Waals surface area (Å²) in [7, 11) is 0. The highest BCUT2D eigenvalue weighted by Gasteiger charge is 2.25. The summed E-state index contributed by atoms with van der Waals surface area (Å²) in [6.45, 7) is 0. The molecule has 2 aromatic rings. The number of nitro groups is 1. The molecule has 3 rings (SSSR count). The SMILES string of the molecule is N#Cc1ccc([N+](=O)[O-])c(NC2CCSc3c(F)cccc32)c1. The van der Waals surface area contributed by atoms with Gasteiger partial charge in [-0.15, -0.1) is 11.8 Å². The summed E-state index contributed by atoms with van der Waals surface area (Å²) in [6.07, 6.45) is 0.717. The Balaban J connectivity index is 1.99. The second kappa shape index (κ2) is 6.26. The largest absolute Gasteiger partial charge is 0.373 e. The summed E-state index contributed by atoms with van der Waals surface area (Å²) in [5, 5.41) is 23.3. The van der Waals surface area contributed by atoms with Crippen molar-refractivity contribution >= 4 is 23.1 Å². The van der Waals surface area contributed by atoms with Gasteiger partial charge in [0, 0.05) is 16.7 Å². The molecular formula is C16H12FN3O2S. The molecule has 1 aliphatic heterocycles. The smallest absolute Gasteiger partial charge is 0.292 e. The van der Waals surface area contributed by atoms with Gasteiger partial charge in [-0.1, -0.05) is 12.1 Å². The van der Waals surface area contributed by atoms with Crippen molar-refractivity contribution in [2.75, 3.05) is 11.1 Å². The first kappa shape index (κ1) is 15.3. The fraction of sp³-hybridized carbons (Fsp3) is 0.188. The van der Waals surface area contributed by atoms with Crippen LogP contribution < -0.4 is 5.32 Å². The summed E-state index contributed by atoms with van der Waals surface area (Å²) < 4.78 is 13.9. The number of anilines is 1. The molecule has 1 unspecified atom stereocenters. The van der Waals surface area contributed by atoms with Gasteiger partial charge in [0.1, 0.15) is 11.5 Å². The minimum atomic E-state index is -0.493. The minimum absolute atomic E-state index is 0.0971. The van der Waals surface area contributed by atoms with E-state index in [0.717, 1.165) is 17.7 Å². The molecule has 0 spiro atoms. The molecule has 0 aromatic heterocycles. The molecule has 0 aliphatic carbocycles. The lowest BCUT2D eigenvalue weighted by Gasteiger charge is -2.27. The Hall–Kier alpha value is -2.59. The van der Waals surface area contributed by atoms with Gasteiger partial charge in [-0.25, -0.2) is 4.39 Å². The fourth-order valence-corrected chi connectivity index (χ4v) is 3.75. The Morgan fingerprint density at radius 2 is 2.22 bits per heavy atom. The molecule has 2 aromatic carbocycles. The Morgan fingerprint density at radius 1 is 1.39 bits per heavy atom. The van der Waals surface area contributed by atoms with E-state index in [9.17, 15) is 14.5 Å². The molecule has 0 radical (unpaired) electrons. The van der Waals surface area contributed by atoms with Crippen molar-refractivity contribution in [1.29, 1.82) is 5.26 Å². The number of hydrogen-bond acceptors (Lipinski definition) is 5. The highest BCUT2D eigenvalue weighted by atomic mass is 32.2. The third-order valence-electron chi connectivity index (χ3n) is 3.68. The van der Waals surface area contributed by atoms with Gasteiger partial charge in [0.2, 0.25) is 0 Å². The van der Waals surface area contributed by atoms with Crippen LogP contribution in [0.4, 0.5) is 15.8 Å². The lowest BCUT2D eigenvalue weighted by Crippen LogP contribution is -2.17. The van der Waals surface area contributed by atoms with E-state index >= 15 is 0 Å². The Kier molecular flexibility index (Phi) is 4.17. The fourth-order valence-electron chi connectivity index (χ4n) is 2.60. The molecule has 0 saturated carbocycles. The third-order valence-corrected chi connectivity index (χ3v) is 4.84. The molecule has 1 aliphatic rings. The maximum atomic E-state index is 13.9. The molecule has 1 N–H and O–H groups in total. The number of halogens is 1. The van der Waals surface area contributed by atoms with Gasteiger partial charge < -0.3 is 5.32 Å². The van der Waals surface area contributed by atoms with Crippen molar-refractivity contribution in [3.63, 3.8) is 0 Å². The second-order valence-corrected chi connectivity index (χ2v) is 6.20. The second-order valence-electron chi connectivity index (χ2n) is 5.09. The highest BCUT2D eigenvalue weighted by molar-refractivity contribution is 7.99. The molecule has 23 heavy (non-hydrogen) atoms. The quantitative estimate of drug-likeness (QED) is 0.672. The van der Waals surface area contributed by atoms with Crippen LogP contribution in [-0.2, 0) is 0 Å². The standard InChI is InChI=1S/C16H12FN3O2S/c17-12-3-1-2-11-13(6-7-23-16(11)12)19-14-8-10(9-18)4-5-15(14)20(21)22/h1-5,8,13,19H,6-7H2. The predicted molar refractivity (Wildman–Crippen MR) is 85.9 cm³/mol. The van der Waals surface area contributed by atoms with Crippen molar-refractivity contribution in [1.82, 2.24) is 0 Å². The van der Waals surface area contributed by atoms with E-state index in [1.807, 2.05) is 12.1 Å². The van der Waals surface area contributed by atoms with Gasteiger partial charge in [0.15, 0.2) is 0 Å². The molecule has 1 heterocycles. The Bertz CT molecular complexity index is 819. The molecule has 0 amide bonds. The summed E-state index contributed by atoms with van der Waals surface area (Å²) in [5.41, 5.74) is 1.31. The average molecular weight is 329 g/mol. The van der Waals surface area contributed by atoms with Gasteiger partial charge in [-0.2, -0.15) is 5.26 Å². The zero-order chi connectivity index (χ0) is 16.4. The normalized spacial score (nSPS) is 16.3. The minimum Gasteiger partial charge on any atom is -0.373 e. The molecule has 0 fully saturated rings. The maximum Gasteiger partial charge on any atom is 0.292 e. The van der Waals surface area contributed by atoms with E-state index in [4.69, 9.17) is 5.26 Å². The van der Waals surface area contributed by atoms with E-state index in [-0.39, 0.29) is 23.2 Å². The van der Waals surface area contributed by atoms with Crippen LogP contribution in [0.5, 0.6) is 0 Å². The zero-order valence-corrected chi connectivity index (χ0v) is 12.8. The monoisotopic (exact) mass is 329 g/mol. The van der Waals surface area contributed by atoms with Crippen molar-refractivity contribution < 1.29 is 9.31 Å². The van der Waals surface area contributed by atoms with Crippen molar-refractivity contribution in [2.45, 2.75) is 17.4 Å². The van der Waals surface area contributed by atoms with Crippen LogP contribution in [0, 0.1) is 27.3 Å². The van der Waals surface area contributed by atoms with Gasteiger partial charge in [0.05, 0.1) is 22.6 Å². The Labute approximate surface area is 136 Å². The first-order valence-electron chi connectivity index (χ1n) is 6.96. The first-order chi connectivity index (χ1) is 11.1. The van der Waals surface area contributed by atoms with E-state index in [2.05, 4.69) is 5.32 Å². The summed E-state index contributed by atoms with van der Waals surface area (Å²) >= 11 is 1.45. The van der Waals surface area contributed by atoms with Crippen LogP contribution in [0.1, 0.15) is 23.6 Å². The zero-order valence-electron chi connectivity index (χ0n) is 12.0. The number of nitrogens with zero attached hydrogens (tertiary/aromatic N) is 2. The van der Waals surface area contributed by atoms with Crippen LogP contribution in [0.3, 0.4) is 0 Å². The number of hydrogen-bond donors (Lipinski definition) is 1. The van der Waals surface area contributed by atoms with Gasteiger partial charge in [0.25, 0.3) is 5.69 Å². The number of thioether (sulfide) groups is 1. The summed E-state index contributed by atoms with van der Waals surface area (Å²) in [6, 6.07) is 10.8. The summed E-state index contributed by atoms with van der Waals surface area (Å²) in [5.74, 6) is 0.441. The number of benzene rings is 2. The molecule has 0 bridgehead atoms. The van der Waals surface area contributed by atoms with Crippen LogP contribution in [0.15, 0.2) is 41.3 Å². The van der Waals surface area contributed by atoms with E-state index in [0.29, 0.717) is 10.5 Å². The van der Waals surface area contributed by atoms with Gasteiger partial charge >= 0.3 is 0 Å². The predicted octanol–water partition coefficient (Wildman–Crippen LogP) is 4.25. The van der Waals surface area contributed by atoms with Crippen molar-refractivity contribution in [3.8, 4) is 6.07 Å². The van der Waals surface area contributed by atoms with Gasteiger partial charge in [-0.05, 0) is 30.2 Å². The topological polar surface area (TPSA) is 79.0 Å². The molecule has 5 nitrogen and oxygen atoms in total. The number of rotatable bonds is 3. The molecule has 1 atom stereocenters. The van der Waals surface area contributed by atoms with Crippen LogP contribution >= 0.6 is 11.8 Å². The molecule has 0 saturated heterocycles. The molecule has 116 valence electrons. The number of nitro benzene ring substituents is 1. The van der Waals surface area contributed by atoms with E-state index in [1.54, 1.807) is 6.07 Å². The van der Waals surface area contributed by atoms with E-state index in [1.165, 1.54) is 36.0 Å². The van der Waals surface area contributed by atoms with Crippen molar-refractivity contribution in [2.24, 2.45) is 0 Å². The average Bonchev–Trinajstić information content (AvgIpc) is 2.55. The lowest BCUT2D eigenvalue weighted by atomic mass is 10.0. The van der Waals surface area contributed by atoms with Gasteiger partial charge in [-0.3, -0.25) is 10.1 Å². The van der Waals surface area contributed by atoms with Crippen LogP contribution in [0.2, 0.25) is 0 Å². The molecular weight excluding hydrogens is 317 g/mol. The maximum absolute atomic E-state index is 13.9. The van der Waals surface area contributed by atoms with Crippen LogP contribution in [0.25, 0.3) is 0 Å². The third kappa shape index (κ3) is 2.98. The van der Waals surface area contributed by atoms with E-state index < -0.39 is 4.92 Å². The summed E-state index contributed by atoms with van der Waals surface area (Å²) in [4.78, 5) is 11.3. The first-order valence-corrected chi connectivity index (χ1v) is 7.95. The highest BCUT2D eigenvalue weighted by Crippen LogP contribution is 2.40. The van der Waals surface area contributed by atoms with Crippen LogP contribution in [-0.4, -0.2) is 10.7 Å². The Morgan fingerprint density at radius 3 is 2.96 bits per heavy atom. The lowest BCUT2D eigenvalue weighted by molar-refractivity contribution is -0.384. The number of fused-ring (bicyclic) bond motifs is 1. The number of nitriles is 1.